The lowest BCUT2D eigenvalue weighted by molar-refractivity contribution is 0.258. The number of halogens is 1. The Labute approximate surface area is 129 Å². The van der Waals surface area contributed by atoms with Gasteiger partial charge in [0.25, 0.3) is 0 Å². The van der Waals surface area contributed by atoms with Gasteiger partial charge in [0.1, 0.15) is 0 Å². The van der Waals surface area contributed by atoms with E-state index >= 15 is 0 Å². The molecule has 0 aliphatic carbocycles. The van der Waals surface area contributed by atoms with E-state index < -0.39 is 10.0 Å². The molecule has 112 valence electrons. The zero-order valence-electron chi connectivity index (χ0n) is 11.7. The number of hydrogen-bond donors (Lipinski definition) is 1. The summed E-state index contributed by atoms with van der Waals surface area (Å²) in [4.78, 5) is 0.358. The molecule has 2 rings (SSSR count). The molecule has 1 aliphatic heterocycles. The van der Waals surface area contributed by atoms with Crippen molar-refractivity contribution in [3.8, 4) is 0 Å². The summed E-state index contributed by atoms with van der Waals surface area (Å²) < 4.78 is 27.7. The molecule has 6 heteroatoms. The van der Waals surface area contributed by atoms with E-state index in [9.17, 15) is 8.42 Å². The fraction of sp³-hybridized carbons (Fsp3) is 0.571. The molecule has 1 aromatic carbocycles. The second-order valence-corrected chi connectivity index (χ2v) is 8.14. The standard InChI is InChI=1S/C14H21BrN2O2S/c1-11-4-5-14(13(15)9-11)20(18,19)17-8-2-3-12(10-17)6-7-16/h4-5,9,12H,2-3,6-8,10,16H2,1H3. The molecule has 0 spiro atoms. The van der Waals surface area contributed by atoms with Crippen LogP contribution in [0.15, 0.2) is 27.6 Å². The van der Waals surface area contributed by atoms with Crippen molar-refractivity contribution >= 4 is 26.0 Å². The van der Waals surface area contributed by atoms with E-state index in [1.807, 2.05) is 19.1 Å². The maximum absolute atomic E-state index is 12.7. The first-order chi connectivity index (χ1) is 9.45. The highest BCUT2D eigenvalue weighted by Crippen LogP contribution is 2.29. The Morgan fingerprint density at radius 3 is 2.85 bits per heavy atom. The van der Waals surface area contributed by atoms with Crippen LogP contribution in [0.1, 0.15) is 24.8 Å². The highest BCUT2D eigenvalue weighted by atomic mass is 79.9. The number of nitrogens with two attached hydrogens (primary N) is 1. The molecule has 4 nitrogen and oxygen atoms in total. The van der Waals surface area contributed by atoms with Gasteiger partial charge in [-0.1, -0.05) is 6.07 Å². The van der Waals surface area contributed by atoms with Gasteiger partial charge in [-0.15, -0.1) is 0 Å². The molecule has 2 N–H and O–H groups in total. The molecule has 1 heterocycles. The molecular formula is C14H21BrN2O2S. The fourth-order valence-electron chi connectivity index (χ4n) is 2.67. The third kappa shape index (κ3) is 3.42. The van der Waals surface area contributed by atoms with Crippen LogP contribution in [0.25, 0.3) is 0 Å². The van der Waals surface area contributed by atoms with Crippen molar-refractivity contribution in [3.63, 3.8) is 0 Å². The van der Waals surface area contributed by atoms with Crippen LogP contribution in [-0.4, -0.2) is 32.4 Å². The molecule has 1 aromatic rings. The van der Waals surface area contributed by atoms with Crippen LogP contribution in [0.2, 0.25) is 0 Å². The largest absolute Gasteiger partial charge is 0.330 e. The van der Waals surface area contributed by atoms with E-state index in [2.05, 4.69) is 15.9 Å². The summed E-state index contributed by atoms with van der Waals surface area (Å²) in [6.45, 7) is 3.75. The zero-order chi connectivity index (χ0) is 14.8. The minimum atomic E-state index is -3.42. The Hall–Kier alpha value is -0.430. The first-order valence-electron chi connectivity index (χ1n) is 6.91. The van der Waals surface area contributed by atoms with Crippen molar-refractivity contribution in [3.05, 3.63) is 28.2 Å². The lowest BCUT2D eigenvalue weighted by atomic mass is 9.96. The van der Waals surface area contributed by atoms with Gasteiger partial charge in [-0.05, 0) is 72.3 Å². The monoisotopic (exact) mass is 360 g/mol. The Bertz CT molecular complexity index is 573. The van der Waals surface area contributed by atoms with Gasteiger partial charge in [0.15, 0.2) is 0 Å². The van der Waals surface area contributed by atoms with Crippen LogP contribution in [0.4, 0.5) is 0 Å². The van der Waals surface area contributed by atoms with E-state index in [4.69, 9.17) is 5.73 Å². The number of hydrogen-bond acceptors (Lipinski definition) is 3. The van der Waals surface area contributed by atoms with Crippen molar-refractivity contribution < 1.29 is 8.42 Å². The summed E-state index contributed by atoms with van der Waals surface area (Å²) >= 11 is 3.37. The molecule has 0 amide bonds. The first-order valence-corrected chi connectivity index (χ1v) is 9.15. The summed E-state index contributed by atoms with van der Waals surface area (Å²) in [5.74, 6) is 0.382. The van der Waals surface area contributed by atoms with Gasteiger partial charge in [-0.25, -0.2) is 8.42 Å². The van der Waals surface area contributed by atoms with E-state index in [1.54, 1.807) is 10.4 Å². The molecule has 0 saturated carbocycles. The van der Waals surface area contributed by atoms with E-state index in [0.29, 0.717) is 34.9 Å². The lowest BCUT2D eigenvalue weighted by Gasteiger charge is -2.32. The SMILES string of the molecule is Cc1ccc(S(=O)(=O)N2CCCC(CCN)C2)c(Br)c1. The highest BCUT2D eigenvalue weighted by molar-refractivity contribution is 9.10. The van der Waals surface area contributed by atoms with Crippen LogP contribution < -0.4 is 5.73 Å². The number of aryl methyl sites for hydroxylation is 1. The van der Waals surface area contributed by atoms with Gasteiger partial charge in [0.2, 0.25) is 10.0 Å². The highest BCUT2D eigenvalue weighted by Gasteiger charge is 2.31. The Kier molecular flexibility index (Phi) is 5.23. The summed E-state index contributed by atoms with van der Waals surface area (Å²) in [7, 11) is -3.42. The third-order valence-electron chi connectivity index (χ3n) is 3.76. The average molecular weight is 361 g/mol. The van der Waals surface area contributed by atoms with Crippen molar-refractivity contribution in [2.24, 2.45) is 11.7 Å². The molecule has 0 bridgehead atoms. The first kappa shape index (κ1) is 15.9. The van der Waals surface area contributed by atoms with Gasteiger partial charge < -0.3 is 5.73 Å². The number of piperidine rings is 1. The number of benzene rings is 1. The van der Waals surface area contributed by atoms with Crippen molar-refractivity contribution in [1.29, 1.82) is 0 Å². The minimum Gasteiger partial charge on any atom is -0.330 e. The Morgan fingerprint density at radius 1 is 1.45 bits per heavy atom. The molecule has 1 unspecified atom stereocenters. The molecule has 1 atom stereocenters. The van der Waals surface area contributed by atoms with Crippen LogP contribution in [0.3, 0.4) is 0 Å². The number of sulfonamides is 1. The molecule has 20 heavy (non-hydrogen) atoms. The second-order valence-electron chi connectivity index (χ2n) is 5.38. The predicted molar refractivity (Wildman–Crippen MR) is 84.0 cm³/mol. The van der Waals surface area contributed by atoms with Crippen molar-refractivity contribution in [1.82, 2.24) is 4.31 Å². The number of nitrogens with zero attached hydrogens (tertiary/aromatic N) is 1. The normalized spacial score (nSPS) is 21.1. The quantitative estimate of drug-likeness (QED) is 0.896. The maximum atomic E-state index is 12.7. The van der Waals surface area contributed by atoms with E-state index in [1.165, 1.54) is 0 Å². The topological polar surface area (TPSA) is 63.4 Å². The van der Waals surface area contributed by atoms with Gasteiger partial charge in [-0.3, -0.25) is 0 Å². The molecule has 1 fully saturated rings. The molecular weight excluding hydrogens is 340 g/mol. The van der Waals surface area contributed by atoms with Crippen LogP contribution in [0.5, 0.6) is 0 Å². The minimum absolute atomic E-state index is 0.358. The second kappa shape index (κ2) is 6.56. The predicted octanol–water partition coefficient (Wildman–Crippen LogP) is 2.51. The van der Waals surface area contributed by atoms with Crippen LogP contribution in [0, 0.1) is 12.8 Å². The molecule has 1 aliphatic rings. The zero-order valence-corrected chi connectivity index (χ0v) is 14.1. The Balaban J connectivity index is 2.25. The molecule has 0 radical (unpaired) electrons. The Morgan fingerprint density at radius 2 is 2.20 bits per heavy atom. The maximum Gasteiger partial charge on any atom is 0.244 e. The van der Waals surface area contributed by atoms with Crippen molar-refractivity contribution in [2.75, 3.05) is 19.6 Å². The lowest BCUT2D eigenvalue weighted by Crippen LogP contribution is -2.40. The van der Waals surface area contributed by atoms with Gasteiger partial charge >= 0.3 is 0 Å². The van der Waals surface area contributed by atoms with Crippen LogP contribution >= 0.6 is 15.9 Å². The summed E-state index contributed by atoms with van der Waals surface area (Å²) in [5.41, 5.74) is 6.63. The average Bonchev–Trinajstić information content (AvgIpc) is 2.39. The summed E-state index contributed by atoms with van der Waals surface area (Å²) in [6.07, 6.45) is 2.87. The van der Waals surface area contributed by atoms with E-state index in [-0.39, 0.29) is 0 Å². The van der Waals surface area contributed by atoms with Crippen LogP contribution in [-0.2, 0) is 10.0 Å². The third-order valence-corrected chi connectivity index (χ3v) is 6.60. The van der Waals surface area contributed by atoms with Gasteiger partial charge in [-0.2, -0.15) is 4.31 Å². The summed E-state index contributed by atoms with van der Waals surface area (Å²) in [5, 5.41) is 0. The van der Waals surface area contributed by atoms with Gasteiger partial charge in [0, 0.05) is 17.6 Å². The van der Waals surface area contributed by atoms with E-state index in [0.717, 1.165) is 24.8 Å². The fourth-order valence-corrected chi connectivity index (χ4v) is 5.38. The van der Waals surface area contributed by atoms with Gasteiger partial charge in [0.05, 0.1) is 4.90 Å². The molecule has 1 saturated heterocycles. The van der Waals surface area contributed by atoms with Crippen molar-refractivity contribution in [2.45, 2.75) is 31.1 Å². The summed E-state index contributed by atoms with van der Waals surface area (Å²) in [6, 6.07) is 5.36. The molecule has 0 aromatic heterocycles. The smallest absolute Gasteiger partial charge is 0.244 e. The number of rotatable bonds is 4.